The minimum absolute atomic E-state index is 0.0819. The van der Waals surface area contributed by atoms with Gasteiger partial charge in [-0.2, -0.15) is 0 Å². The Bertz CT molecular complexity index is 777. The first-order valence-corrected chi connectivity index (χ1v) is 9.10. The van der Waals surface area contributed by atoms with E-state index in [0.29, 0.717) is 26.2 Å². The third-order valence-corrected chi connectivity index (χ3v) is 4.73. The van der Waals surface area contributed by atoms with Gasteiger partial charge in [-0.25, -0.2) is 0 Å². The van der Waals surface area contributed by atoms with E-state index in [1.54, 1.807) is 24.1 Å². The zero-order chi connectivity index (χ0) is 19.2. The number of hydrogen-bond donors (Lipinski definition) is 2. The van der Waals surface area contributed by atoms with Gasteiger partial charge in [0.25, 0.3) is 0 Å². The molecule has 6 nitrogen and oxygen atoms in total. The van der Waals surface area contributed by atoms with Crippen molar-refractivity contribution in [2.75, 3.05) is 26.7 Å². The number of hydrogen-bond acceptors (Lipinski definition) is 4. The number of phenols is 1. The van der Waals surface area contributed by atoms with Crippen LogP contribution in [-0.2, 0) is 22.6 Å². The number of phenolic OH excluding ortho intramolecular Hbond substituents is 1. The molecule has 0 spiro atoms. The summed E-state index contributed by atoms with van der Waals surface area (Å²) in [6.07, 6.45) is 0.758. The van der Waals surface area contributed by atoms with Crippen LogP contribution in [0.25, 0.3) is 0 Å². The molecule has 0 aromatic heterocycles. The van der Waals surface area contributed by atoms with Gasteiger partial charge >= 0.3 is 0 Å². The summed E-state index contributed by atoms with van der Waals surface area (Å²) in [5.41, 5.74) is 2.14. The van der Waals surface area contributed by atoms with Crippen molar-refractivity contribution in [1.29, 1.82) is 0 Å². The first-order chi connectivity index (χ1) is 13.0. The van der Waals surface area contributed by atoms with E-state index in [4.69, 9.17) is 0 Å². The molecule has 1 heterocycles. The maximum atomic E-state index is 12.8. The van der Waals surface area contributed by atoms with E-state index in [-0.39, 0.29) is 17.6 Å². The molecule has 2 amide bonds. The zero-order valence-corrected chi connectivity index (χ0v) is 15.5. The number of nitrogens with one attached hydrogen (secondary N) is 1. The van der Waals surface area contributed by atoms with Crippen LogP contribution in [0.2, 0.25) is 0 Å². The quantitative estimate of drug-likeness (QED) is 0.809. The summed E-state index contributed by atoms with van der Waals surface area (Å²) in [7, 11) is 1.76. The Kier molecular flexibility index (Phi) is 6.08. The fourth-order valence-corrected chi connectivity index (χ4v) is 3.27. The molecule has 2 aromatic rings. The minimum Gasteiger partial charge on any atom is -0.508 e. The molecule has 2 aromatic carbocycles. The van der Waals surface area contributed by atoms with Crippen LogP contribution in [0.1, 0.15) is 11.1 Å². The molecule has 0 unspecified atom stereocenters. The smallest absolute Gasteiger partial charge is 0.246 e. The van der Waals surface area contributed by atoms with Crippen LogP contribution in [0.3, 0.4) is 0 Å². The molecular formula is C21H25N3O3. The lowest BCUT2D eigenvalue weighted by atomic mass is 10.1. The molecule has 142 valence electrons. The van der Waals surface area contributed by atoms with E-state index >= 15 is 0 Å². The summed E-state index contributed by atoms with van der Waals surface area (Å²) in [5.74, 6) is 0.0307. The molecule has 1 atom stereocenters. The van der Waals surface area contributed by atoms with Gasteiger partial charge in [-0.15, -0.1) is 0 Å². The molecule has 27 heavy (non-hydrogen) atoms. The van der Waals surface area contributed by atoms with Crippen LogP contribution < -0.4 is 5.32 Å². The Hall–Kier alpha value is -2.86. The standard InChI is InChI=1S/C21H25N3O3/c1-23(13-17-5-3-2-4-6-17)21(27)19-14-24(15-20(26)22-19)12-11-16-7-9-18(25)10-8-16/h2-10,19,25H,11-15H2,1H3,(H,22,26)/t19-/m1/s1. The Morgan fingerprint density at radius 1 is 1.15 bits per heavy atom. The van der Waals surface area contributed by atoms with Crippen molar-refractivity contribution in [1.82, 2.24) is 15.1 Å². The highest BCUT2D eigenvalue weighted by atomic mass is 16.3. The van der Waals surface area contributed by atoms with Gasteiger partial charge in [-0.1, -0.05) is 42.5 Å². The predicted octanol–water partition coefficient (Wildman–Crippen LogP) is 1.39. The highest BCUT2D eigenvalue weighted by Crippen LogP contribution is 2.12. The van der Waals surface area contributed by atoms with Gasteiger partial charge in [0, 0.05) is 26.7 Å². The number of piperazine rings is 1. The average molecular weight is 367 g/mol. The number of amides is 2. The van der Waals surface area contributed by atoms with Gasteiger partial charge < -0.3 is 15.3 Å². The summed E-state index contributed by atoms with van der Waals surface area (Å²) in [6.45, 7) is 2.00. The molecule has 1 fully saturated rings. The van der Waals surface area contributed by atoms with E-state index in [1.165, 1.54) is 0 Å². The molecule has 2 N–H and O–H groups in total. The van der Waals surface area contributed by atoms with Crippen molar-refractivity contribution < 1.29 is 14.7 Å². The van der Waals surface area contributed by atoms with Crippen molar-refractivity contribution in [2.24, 2.45) is 0 Å². The predicted molar refractivity (Wildman–Crippen MR) is 103 cm³/mol. The van der Waals surface area contributed by atoms with Gasteiger partial charge in [0.1, 0.15) is 11.8 Å². The van der Waals surface area contributed by atoms with Gasteiger partial charge in [0.2, 0.25) is 11.8 Å². The average Bonchev–Trinajstić information content (AvgIpc) is 2.67. The van der Waals surface area contributed by atoms with Crippen molar-refractivity contribution in [3.63, 3.8) is 0 Å². The number of carbonyl (C=O) groups is 2. The first kappa shape index (κ1) is 18.9. The minimum atomic E-state index is -0.528. The molecule has 1 saturated heterocycles. The molecule has 1 aliphatic heterocycles. The SMILES string of the molecule is CN(Cc1ccccc1)C(=O)[C@H]1CN(CCc2ccc(O)cc2)CC(=O)N1. The van der Waals surface area contributed by atoms with E-state index < -0.39 is 6.04 Å². The van der Waals surface area contributed by atoms with Gasteiger partial charge in [-0.3, -0.25) is 14.5 Å². The second-order valence-corrected chi connectivity index (χ2v) is 6.95. The number of rotatable bonds is 6. The van der Waals surface area contributed by atoms with Crippen molar-refractivity contribution in [2.45, 2.75) is 19.0 Å². The van der Waals surface area contributed by atoms with E-state index in [9.17, 15) is 14.7 Å². The number of likely N-dealkylation sites (N-methyl/N-ethyl adjacent to an activating group) is 1. The van der Waals surface area contributed by atoms with Crippen molar-refractivity contribution in [3.05, 3.63) is 65.7 Å². The third kappa shape index (κ3) is 5.31. The molecule has 0 aliphatic carbocycles. The third-order valence-electron chi connectivity index (χ3n) is 4.73. The van der Waals surface area contributed by atoms with Gasteiger partial charge in [0.05, 0.1) is 6.54 Å². The lowest BCUT2D eigenvalue weighted by Crippen LogP contribution is -2.59. The summed E-state index contributed by atoms with van der Waals surface area (Å²) in [5, 5.41) is 12.2. The number of aromatic hydroxyl groups is 1. The maximum Gasteiger partial charge on any atom is 0.246 e. The Morgan fingerprint density at radius 2 is 1.85 bits per heavy atom. The van der Waals surface area contributed by atoms with Crippen LogP contribution in [0.4, 0.5) is 0 Å². The van der Waals surface area contributed by atoms with E-state index in [1.807, 2.05) is 47.4 Å². The second-order valence-electron chi connectivity index (χ2n) is 6.95. The summed E-state index contributed by atoms with van der Waals surface area (Å²) >= 11 is 0. The normalized spacial score (nSPS) is 17.4. The molecule has 0 saturated carbocycles. The number of benzene rings is 2. The molecule has 1 aliphatic rings. The Labute approximate surface area is 159 Å². The molecule has 0 radical (unpaired) electrons. The highest BCUT2D eigenvalue weighted by molar-refractivity contribution is 5.89. The molecule has 6 heteroatoms. The van der Waals surface area contributed by atoms with E-state index in [2.05, 4.69) is 5.32 Å². The summed E-state index contributed by atoms with van der Waals surface area (Å²) < 4.78 is 0. The van der Waals surface area contributed by atoms with Gasteiger partial charge in [0.15, 0.2) is 0 Å². The highest BCUT2D eigenvalue weighted by Gasteiger charge is 2.31. The number of carbonyl (C=O) groups excluding carboxylic acids is 2. The monoisotopic (exact) mass is 367 g/mol. The lowest BCUT2D eigenvalue weighted by molar-refractivity contribution is -0.139. The maximum absolute atomic E-state index is 12.8. The largest absolute Gasteiger partial charge is 0.508 e. The van der Waals surface area contributed by atoms with E-state index in [0.717, 1.165) is 17.5 Å². The van der Waals surface area contributed by atoms with Crippen LogP contribution in [0.15, 0.2) is 54.6 Å². The fourth-order valence-electron chi connectivity index (χ4n) is 3.27. The van der Waals surface area contributed by atoms with Crippen molar-refractivity contribution in [3.8, 4) is 5.75 Å². The summed E-state index contributed by atoms with van der Waals surface area (Å²) in [4.78, 5) is 28.5. The van der Waals surface area contributed by atoms with Crippen LogP contribution in [0.5, 0.6) is 5.75 Å². The molecule has 3 rings (SSSR count). The second kappa shape index (κ2) is 8.68. The Morgan fingerprint density at radius 3 is 2.56 bits per heavy atom. The molecular weight excluding hydrogens is 342 g/mol. The van der Waals surface area contributed by atoms with Crippen molar-refractivity contribution >= 4 is 11.8 Å². The first-order valence-electron chi connectivity index (χ1n) is 9.10. The Balaban J connectivity index is 1.56. The number of nitrogens with zero attached hydrogens (tertiary/aromatic N) is 2. The summed E-state index contributed by atoms with van der Waals surface area (Å²) in [6, 6.07) is 16.3. The zero-order valence-electron chi connectivity index (χ0n) is 15.5. The molecule has 0 bridgehead atoms. The van der Waals surface area contributed by atoms with Gasteiger partial charge in [-0.05, 0) is 29.7 Å². The van der Waals surface area contributed by atoms with Crippen LogP contribution >= 0.6 is 0 Å². The van der Waals surface area contributed by atoms with Crippen LogP contribution in [-0.4, -0.2) is 59.4 Å². The topological polar surface area (TPSA) is 72.9 Å². The fraction of sp³-hybridized carbons (Fsp3) is 0.333. The lowest BCUT2D eigenvalue weighted by Gasteiger charge is -2.34. The van der Waals surface area contributed by atoms with Crippen LogP contribution in [0, 0.1) is 0 Å².